The molecule has 8 nitrogen and oxygen atoms in total. The van der Waals surface area contributed by atoms with Crippen LogP contribution < -0.4 is 10.6 Å². The van der Waals surface area contributed by atoms with Gasteiger partial charge in [-0.25, -0.2) is 4.79 Å². The van der Waals surface area contributed by atoms with E-state index in [0.717, 1.165) is 22.3 Å². The summed E-state index contributed by atoms with van der Waals surface area (Å²) in [5.41, 5.74) is 4.59. The normalized spacial score (nSPS) is 14.0. The first kappa shape index (κ1) is 24.3. The smallest absolute Gasteiger partial charge is 0.407 e. The van der Waals surface area contributed by atoms with Crippen LogP contribution in [0.15, 0.2) is 48.5 Å². The maximum absolute atomic E-state index is 12.4. The summed E-state index contributed by atoms with van der Waals surface area (Å²) >= 11 is 0. The van der Waals surface area contributed by atoms with Gasteiger partial charge >= 0.3 is 12.1 Å². The summed E-state index contributed by atoms with van der Waals surface area (Å²) in [6.45, 7) is 4.26. The molecule has 3 rings (SSSR count). The minimum absolute atomic E-state index is 0.0275. The van der Waals surface area contributed by atoms with Gasteiger partial charge in [-0.05, 0) is 29.2 Å². The van der Waals surface area contributed by atoms with Crippen LogP contribution in [0.2, 0.25) is 0 Å². The number of fused-ring (bicyclic) bond motifs is 3. The summed E-state index contributed by atoms with van der Waals surface area (Å²) in [5.74, 6) is -1.67. The number of hydrogen-bond donors (Lipinski definition) is 3. The average Bonchev–Trinajstić information content (AvgIpc) is 3.12. The fraction of sp³-hybridized carbons (Fsp3) is 0.400. The first-order valence-corrected chi connectivity index (χ1v) is 11.1. The third-order valence-corrected chi connectivity index (χ3v) is 5.86. The van der Waals surface area contributed by atoms with Gasteiger partial charge in [-0.3, -0.25) is 9.59 Å². The van der Waals surface area contributed by atoms with Crippen molar-refractivity contribution in [2.45, 2.75) is 32.2 Å². The van der Waals surface area contributed by atoms with Gasteiger partial charge in [-0.1, -0.05) is 55.5 Å². The lowest BCUT2D eigenvalue weighted by Gasteiger charge is -2.21. The van der Waals surface area contributed by atoms with Gasteiger partial charge in [0, 0.05) is 18.5 Å². The summed E-state index contributed by atoms with van der Waals surface area (Å²) in [5, 5.41) is 14.0. The van der Waals surface area contributed by atoms with E-state index < -0.39 is 24.0 Å². The lowest BCUT2D eigenvalue weighted by Crippen LogP contribution is -2.45. The fourth-order valence-electron chi connectivity index (χ4n) is 3.85. The molecule has 176 valence electrons. The summed E-state index contributed by atoms with van der Waals surface area (Å²) in [6.07, 6.45) is -0.646. The minimum Gasteiger partial charge on any atom is -0.481 e. The molecule has 1 aliphatic rings. The van der Waals surface area contributed by atoms with E-state index in [2.05, 4.69) is 34.9 Å². The summed E-state index contributed by atoms with van der Waals surface area (Å²) in [4.78, 5) is 35.1. The number of ether oxygens (including phenoxy) is 2. The van der Waals surface area contributed by atoms with Gasteiger partial charge in [-0.15, -0.1) is 0 Å². The molecule has 2 atom stereocenters. The molecule has 0 bridgehead atoms. The molecule has 1 aliphatic carbocycles. The number of alkyl carbamates (subject to hydrolysis) is 1. The topological polar surface area (TPSA) is 114 Å². The number of carboxylic acid groups (broad SMARTS) is 1. The summed E-state index contributed by atoms with van der Waals surface area (Å²) < 4.78 is 10.7. The largest absolute Gasteiger partial charge is 0.481 e. The Balaban J connectivity index is 1.44. The third-order valence-electron chi connectivity index (χ3n) is 5.86. The van der Waals surface area contributed by atoms with E-state index in [4.69, 9.17) is 14.6 Å². The number of nitrogens with one attached hydrogen (secondary N) is 2. The van der Waals surface area contributed by atoms with Crippen molar-refractivity contribution < 1.29 is 29.0 Å². The van der Waals surface area contributed by atoms with Crippen molar-refractivity contribution in [1.29, 1.82) is 0 Å². The molecule has 0 aliphatic heterocycles. The second kappa shape index (κ2) is 11.5. The standard InChI is InChI=1S/C25H30N2O6/c1-16(24(30)26-12-14-32-13-11-23(28)29)17(2)27-25(31)33-15-22-20-9-5-3-7-18(20)19-8-4-6-10-21(19)22/h3-10,16-17,22H,11-15H2,1-2H3,(H,26,30)(H,27,31)(H,28,29). The molecule has 2 unspecified atom stereocenters. The van der Waals surface area contributed by atoms with Gasteiger partial charge in [0.15, 0.2) is 0 Å². The Hall–Kier alpha value is -3.39. The minimum atomic E-state index is -0.930. The van der Waals surface area contributed by atoms with Crippen LogP contribution in [0.5, 0.6) is 0 Å². The molecular weight excluding hydrogens is 424 g/mol. The van der Waals surface area contributed by atoms with Gasteiger partial charge in [0.05, 0.1) is 25.6 Å². The number of carboxylic acids is 1. The van der Waals surface area contributed by atoms with E-state index in [-0.39, 0.29) is 44.6 Å². The Bertz CT molecular complexity index is 947. The Labute approximate surface area is 193 Å². The number of rotatable bonds is 11. The van der Waals surface area contributed by atoms with Crippen molar-refractivity contribution in [2.75, 3.05) is 26.4 Å². The first-order chi connectivity index (χ1) is 15.9. The van der Waals surface area contributed by atoms with Gasteiger partial charge in [-0.2, -0.15) is 0 Å². The van der Waals surface area contributed by atoms with Crippen LogP contribution in [0.4, 0.5) is 4.79 Å². The highest BCUT2D eigenvalue weighted by atomic mass is 16.5. The van der Waals surface area contributed by atoms with Crippen LogP contribution in [-0.2, 0) is 19.1 Å². The zero-order chi connectivity index (χ0) is 23.8. The van der Waals surface area contributed by atoms with Crippen LogP contribution in [0.25, 0.3) is 11.1 Å². The van der Waals surface area contributed by atoms with Crippen LogP contribution in [-0.4, -0.2) is 55.5 Å². The Morgan fingerprint density at radius 1 is 0.970 bits per heavy atom. The maximum atomic E-state index is 12.4. The maximum Gasteiger partial charge on any atom is 0.407 e. The molecule has 0 aromatic heterocycles. The van der Waals surface area contributed by atoms with Crippen LogP contribution in [0.1, 0.15) is 37.3 Å². The molecule has 0 radical (unpaired) electrons. The van der Waals surface area contributed by atoms with Gasteiger partial charge in [0.25, 0.3) is 0 Å². The Morgan fingerprint density at radius 2 is 1.58 bits per heavy atom. The lowest BCUT2D eigenvalue weighted by atomic mass is 9.98. The number of carbonyl (C=O) groups excluding carboxylic acids is 2. The molecule has 2 aromatic carbocycles. The summed E-state index contributed by atoms with van der Waals surface area (Å²) in [7, 11) is 0. The van der Waals surface area contributed by atoms with E-state index in [1.165, 1.54) is 0 Å². The van der Waals surface area contributed by atoms with E-state index >= 15 is 0 Å². The number of benzene rings is 2. The van der Waals surface area contributed by atoms with Gasteiger partial charge in [0.1, 0.15) is 6.61 Å². The molecule has 2 amide bonds. The average molecular weight is 455 g/mol. The number of hydrogen-bond acceptors (Lipinski definition) is 5. The highest BCUT2D eigenvalue weighted by molar-refractivity contribution is 5.80. The number of carbonyl (C=O) groups is 3. The zero-order valence-corrected chi connectivity index (χ0v) is 18.9. The number of aliphatic carboxylic acids is 1. The molecular formula is C25H30N2O6. The summed E-state index contributed by atoms with van der Waals surface area (Å²) in [6, 6.07) is 15.8. The molecule has 0 heterocycles. The van der Waals surface area contributed by atoms with Crippen molar-refractivity contribution in [3.63, 3.8) is 0 Å². The van der Waals surface area contributed by atoms with Crippen LogP contribution >= 0.6 is 0 Å². The predicted octanol–water partition coefficient (Wildman–Crippen LogP) is 3.16. The second-order valence-corrected chi connectivity index (χ2v) is 8.09. The van der Waals surface area contributed by atoms with E-state index in [0.29, 0.717) is 0 Å². The Kier molecular flexibility index (Phi) is 8.43. The predicted molar refractivity (Wildman–Crippen MR) is 123 cm³/mol. The molecule has 2 aromatic rings. The second-order valence-electron chi connectivity index (χ2n) is 8.09. The van der Waals surface area contributed by atoms with Crippen LogP contribution in [0, 0.1) is 5.92 Å². The van der Waals surface area contributed by atoms with E-state index in [1.807, 2.05) is 24.3 Å². The van der Waals surface area contributed by atoms with Crippen molar-refractivity contribution in [2.24, 2.45) is 5.92 Å². The molecule has 0 fully saturated rings. The SMILES string of the molecule is CC(NC(=O)OCC1c2ccccc2-c2ccccc21)C(C)C(=O)NCCOCCC(=O)O. The third kappa shape index (κ3) is 6.32. The highest BCUT2D eigenvalue weighted by Gasteiger charge is 2.29. The van der Waals surface area contributed by atoms with Crippen LogP contribution in [0.3, 0.4) is 0 Å². The molecule has 0 saturated carbocycles. The van der Waals surface area contributed by atoms with Crippen molar-refractivity contribution in [3.8, 4) is 11.1 Å². The van der Waals surface area contributed by atoms with Crippen molar-refractivity contribution >= 4 is 18.0 Å². The Morgan fingerprint density at radius 3 is 2.18 bits per heavy atom. The highest BCUT2D eigenvalue weighted by Crippen LogP contribution is 2.44. The zero-order valence-electron chi connectivity index (χ0n) is 18.9. The molecule has 0 spiro atoms. The fourth-order valence-corrected chi connectivity index (χ4v) is 3.85. The first-order valence-electron chi connectivity index (χ1n) is 11.1. The lowest BCUT2D eigenvalue weighted by molar-refractivity contribution is -0.138. The molecule has 0 saturated heterocycles. The number of amides is 2. The molecule has 8 heteroatoms. The van der Waals surface area contributed by atoms with Gasteiger partial charge < -0.3 is 25.2 Å². The van der Waals surface area contributed by atoms with E-state index in [9.17, 15) is 14.4 Å². The quantitative estimate of drug-likeness (QED) is 0.450. The molecule has 33 heavy (non-hydrogen) atoms. The van der Waals surface area contributed by atoms with Crippen molar-refractivity contribution in [1.82, 2.24) is 10.6 Å². The van der Waals surface area contributed by atoms with E-state index in [1.54, 1.807) is 13.8 Å². The monoisotopic (exact) mass is 454 g/mol. The molecule has 3 N–H and O–H groups in total. The van der Waals surface area contributed by atoms with Gasteiger partial charge in [0.2, 0.25) is 5.91 Å². The van der Waals surface area contributed by atoms with Crippen molar-refractivity contribution in [3.05, 3.63) is 59.7 Å².